The van der Waals surface area contributed by atoms with Gasteiger partial charge in [-0.05, 0) is 12.0 Å². The topological polar surface area (TPSA) is 29.5 Å². The van der Waals surface area contributed by atoms with Gasteiger partial charge in [0.2, 0.25) is 0 Å². The number of carbonyl (C=O) groups excluding carboxylic acids is 1. The highest BCUT2D eigenvalue weighted by Gasteiger charge is 2.33. The summed E-state index contributed by atoms with van der Waals surface area (Å²) in [5.41, 5.74) is 1.07. The Morgan fingerprint density at radius 2 is 2.05 bits per heavy atom. The lowest BCUT2D eigenvalue weighted by Crippen LogP contribution is -2.22. The Balaban J connectivity index is 1.94. The molecule has 2 rings (SSSR count). The molecular formula is C17H21NO2. The minimum atomic E-state index is -0.333. The van der Waals surface area contributed by atoms with Crippen molar-refractivity contribution < 1.29 is 9.53 Å². The van der Waals surface area contributed by atoms with Crippen LogP contribution in [0.15, 0.2) is 30.3 Å². The first-order valence-electron chi connectivity index (χ1n) is 7.32. The first-order valence-corrected chi connectivity index (χ1v) is 7.32. The molecule has 1 atom stereocenters. The van der Waals surface area contributed by atoms with Crippen molar-refractivity contribution in [2.75, 3.05) is 6.61 Å². The lowest BCUT2D eigenvalue weighted by Gasteiger charge is -2.14. The molecule has 1 aliphatic heterocycles. The molecule has 1 amide bonds. The zero-order chi connectivity index (χ0) is 14.2. The molecule has 1 fully saturated rings. The summed E-state index contributed by atoms with van der Waals surface area (Å²) in [5, 5.41) is 0. The average molecular weight is 271 g/mol. The van der Waals surface area contributed by atoms with Gasteiger partial charge in [-0.25, -0.2) is 9.69 Å². The fourth-order valence-electron chi connectivity index (χ4n) is 2.25. The molecule has 0 aliphatic carbocycles. The van der Waals surface area contributed by atoms with Crippen LogP contribution >= 0.6 is 0 Å². The van der Waals surface area contributed by atoms with Crippen molar-refractivity contribution in [2.24, 2.45) is 0 Å². The number of nitrogens with zero attached hydrogens (tertiary/aromatic N) is 1. The van der Waals surface area contributed by atoms with Crippen molar-refractivity contribution in [1.29, 1.82) is 0 Å². The minimum Gasteiger partial charge on any atom is -0.446 e. The number of cyclic esters (lactones) is 1. The molecule has 1 aromatic rings. The molecule has 1 heterocycles. The lowest BCUT2D eigenvalue weighted by atomic mass is 10.1. The van der Waals surface area contributed by atoms with Crippen LogP contribution in [0.25, 0.3) is 0 Å². The number of hydrogen-bond donors (Lipinski definition) is 0. The van der Waals surface area contributed by atoms with Crippen LogP contribution in [0.2, 0.25) is 0 Å². The molecule has 0 unspecified atom stereocenters. The van der Waals surface area contributed by atoms with Crippen LogP contribution in [0, 0.1) is 12.0 Å². The molecule has 0 N–H and O–H groups in total. The third kappa shape index (κ3) is 3.77. The SMILES string of the molecule is CCCCCCC#CN1C(=O)OC[C@@H]1c1ccccc1. The molecule has 0 bridgehead atoms. The number of unbranched alkanes of at least 4 members (excludes halogenated alkanes) is 4. The van der Waals surface area contributed by atoms with Gasteiger partial charge in [0, 0.05) is 12.5 Å². The average Bonchev–Trinajstić information content (AvgIpc) is 2.85. The van der Waals surface area contributed by atoms with E-state index in [4.69, 9.17) is 4.74 Å². The van der Waals surface area contributed by atoms with E-state index in [0.29, 0.717) is 6.61 Å². The van der Waals surface area contributed by atoms with E-state index >= 15 is 0 Å². The maximum absolute atomic E-state index is 11.7. The monoisotopic (exact) mass is 271 g/mol. The predicted octanol–water partition coefficient (Wildman–Crippen LogP) is 4.11. The molecule has 20 heavy (non-hydrogen) atoms. The van der Waals surface area contributed by atoms with E-state index < -0.39 is 0 Å². The second-order valence-corrected chi connectivity index (χ2v) is 4.97. The summed E-state index contributed by atoms with van der Waals surface area (Å²) in [6.45, 7) is 2.57. The Morgan fingerprint density at radius 3 is 2.80 bits per heavy atom. The van der Waals surface area contributed by atoms with E-state index in [2.05, 4.69) is 18.9 Å². The van der Waals surface area contributed by atoms with Crippen molar-refractivity contribution in [3.63, 3.8) is 0 Å². The normalized spacial score (nSPS) is 17.6. The Labute approximate surface area is 120 Å². The van der Waals surface area contributed by atoms with Gasteiger partial charge in [0.15, 0.2) is 0 Å². The predicted molar refractivity (Wildman–Crippen MR) is 78.9 cm³/mol. The van der Waals surface area contributed by atoms with Crippen molar-refractivity contribution in [3.8, 4) is 12.0 Å². The zero-order valence-electron chi connectivity index (χ0n) is 12.0. The highest BCUT2D eigenvalue weighted by Crippen LogP contribution is 2.26. The maximum atomic E-state index is 11.7. The first-order chi connectivity index (χ1) is 9.83. The summed E-state index contributed by atoms with van der Waals surface area (Å²) in [4.78, 5) is 13.2. The van der Waals surface area contributed by atoms with Gasteiger partial charge in [-0.15, -0.1) is 0 Å². The van der Waals surface area contributed by atoms with E-state index in [9.17, 15) is 4.79 Å². The van der Waals surface area contributed by atoms with E-state index in [1.807, 2.05) is 30.3 Å². The molecule has 0 radical (unpaired) electrons. The molecule has 0 aromatic heterocycles. The summed E-state index contributed by atoms with van der Waals surface area (Å²) >= 11 is 0. The van der Waals surface area contributed by atoms with Crippen LogP contribution in [0.3, 0.4) is 0 Å². The largest absolute Gasteiger partial charge is 0.446 e. The van der Waals surface area contributed by atoms with Gasteiger partial charge in [0.1, 0.15) is 12.6 Å². The van der Waals surface area contributed by atoms with E-state index in [1.54, 1.807) is 0 Å². The number of ether oxygens (including phenoxy) is 1. The fraction of sp³-hybridized carbons (Fsp3) is 0.471. The number of carbonyl (C=O) groups is 1. The van der Waals surface area contributed by atoms with Gasteiger partial charge < -0.3 is 4.74 Å². The van der Waals surface area contributed by atoms with Crippen LogP contribution < -0.4 is 0 Å². The Hall–Kier alpha value is -1.95. The van der Waals surface area contributed by atoms with Crippen molar-refractivity contribution >= 4 is 6.09 Å². The minimum absolute atomic E-state index is 0.0770. The smallest absolute Gasteiger partial charge is 0.422 e. The molecule has 3 heteroatoms. The van der Waals surface area contributed by atoms with Crippen LogP contribution in [0.5, 0.6) is 0 Å². The molecule has 1 saturated heterocycles. The van der Waals surface area contributed by atoms with Gasteiger partial charge in [-0.2, -0.15) is 0 Å². The Morgan fingerprint density at radius 1 is 1.25 bits per heavy atom. The molecule has 3 nitrogen and oxygen atoms in total. The molecule has 0 saturated carbocycles. The fourth-order valence-corrected chi connectivity index (χ4v) is 2.25. The third-order valence-electron chi connectivity index (χ3n) is 3.41. The molecule has 106 valence electrons. The summed E-state index contributed by atoms with van der Waals surface area (Å²) in [6.07, 6.45) is 5.28. The van der Waals surface area contributed by atoms with E-state index in [0.717, 1.165) is 18.4 Å². The quantitative estimate of drug-likeness (QED) is 0.595. The second-order valence-electron chi connectivity index (χ2n) is 4.97. The van der Waals surface area contributed by atoms with Gasteiger partial charge in [0.25, 0.3) is 0 Å². The maximum Gasteiger partial charge on any atom is 0.422 e. The van der Waals surface area contributed by atoms with Crippen molar-refractivity contribution in [3.05, 3.63) is 35.9 Å². The standard InChI is InChI=1S/C17H21NO2/c1-2-3-4-5-6-10-13-18-16(14-20-17(18)19)15-11-8-7-9-12-15/h7-9,11-12,16H,2-6,14H2,1H3/t16-/m1/s1. The third-order valence-corrected chi connectivity index (χ3v) is 3.41. The van der Waals surface area contributed by atoms with Crippen LogP contribution in [-0.4, -0.2) is 17.6 Å². The van der Waals surface area contributed by atoms with Gasteiger partial charge in [-0.1, -0.05) is 62.4 Å². The molecule has 0 spiro atoms. The molecule has 1 aromatic carbocycles. The summed E-state index contributed by atoms with van der Waals surface area (Å²) in [7, 11) is 0. The number of amides is 1. The lowest BCUT2D eigenvalue weighted by molar-refractivity contribution is 0.167. The highest BCUT2D eigenvalue weighted by molar-refractivity contribution is 5.72. The van der Waals surface area contributed by atoms with Crippen molar-refractivity contribution in [2.45, 2.75) is 45.1 Å². The van der Waals surface area contributed by atoms with Gasteiger partial charge in [0.05, 0.1) is 0 Å². The first kappa shape index (κ1) is 14.5. The van der Waals surface area contributed by atoms with E-state index in [1.165, 1.54) is 24.2 Å². The van der Waals surface area contributed by atoms with Gasteiger partial charge in [-0.3, -0.25) is 0 Å². The molecule has 1 aliphatic rings. The van der Waals surface area contributed by atoms with Crippen LogP contribution in [0.1, 0.15) is 50.6 Å². The summed E-state index contributed by atoms with van der Waals surface area (Å²) in [5.74, 6) is 3.09. The van der Waals surface area contributed by atoms with Crippen LogP contribution in [-0.2, 0) is 4.74 Å². The van der Waals surface area contributed by atoms with E-state index in [-0.39, 0.29) is 12.1 Å². The Kier molecular flexibility index (Phi) is 5.49. The zero-order valence-corrected chi connectivity index (χ0v) is 12.0. The number of hydrogen-bond acceptors (Lipinski definition) is 2. The molecular weight excluding hydrogens is 250 g/mol. The second kappa shape index (κ2) is 7.59. The van der Waals surface area contributed by atoms with Crippen LogP contribution in [0.4, 0.5) is 4.79 Å². The summed E-state index contributed by atoms with van der Waals surface area (Å²) in [6, 6.07) is 12.8. The number of rotatable bonds is 5. The number of benzene rings is 1. The Bertz CT molecular complexity index is 487. The summed E-state index contributed by atoms with van der Waals surface area (Å²) < 4.78 is 5.11. The van der Waals surface area contributed by atoms with Gasteiger partial charge >= 0.3 is 6.09 Å². The highest BCUT2D eigenvalue weighted by atomic mass is 16.6. The van der Waals surface area contributed by atoms with Crippen molar-refractivity contribution in [1.82, 2.24) is 4.90 Å².